The van der Waals surface area contributed by atoms with Crippen molar-refractivity contribution in [1.29, 1.82) is 0 Å². The summed E-state index contributed by atoms with van der Waals surface area (Å²) in [6.07, 6.45) is 5.62. The number of carbonyl (C=O) groups is 1. The van der Waals surface area contributed by atoms with Crippen LogP contribution in [0.2, 0.25) is 0 Å². The quantitative estimate of drug-likeness (QED) is 0.405. The molecule has 1 saturated carbocycles. The van der Waals surface area contributed by atoms with E-state index in [0.717, 1.165) is 52.4 Å². The number of benzene rings is 2. The Balaban J connectivity index is 1.73. The maximum Gasteiger partial charge on any atom is 0.309 e. The predicted octanol–water partition coefficient (Wildman–Crippen LogP) is 5.96. The van der Waals surface area contributed by atoms with Crippen LogP contribution < -0.4 is 0 Å². The zero-order chi connectivity index (χ0) is 21.8. The minimum Gasteiger partial charge on any atom is -0.481 e. The molecular weight excluding hydrogens is 393 g/mol. The van der Waals surface area contributed by atoms with E-state index >= 15 is 0 Å². The van der Waals surface area contributed by atoms with Crippen LogP contribution in [-0.4, -0.2) is 25.8 Å². The van der Waals surface area contributed by atoms with Gasteiger partial charge in [0.05, 0.1) is 22.6 Å². The number of aliphatic carboxylic acids is 1. The highest BCUT2D eigenvalue weighted by molar-refractivity contribution is 5.98. The first kappa shape index (κ1) is 19.8. The van der Waals surface area contributed by atoms with E-state index in [1.165, 1.54) is 17.7 Å². The second-order valence-electron chi connectivity index (χ2n) is 9.10. The van der Waals surface area contributed by atoms with Gasteiger partial charge in [0.1, 0.15) is 5.82 Å². The number of halogens is 1. The highest BCUT2D eigenvalue weighted by Crippen LogP contribution is 2.46. The average Bonchev–Trinajstić information content (AvgIpc) is 3.28. The molecule has 0 spiro atoms. The second kappa shape index (κ2) is 7.22. The van der Waals surface area contributed by atoms with Gasteiger partial charge in [-0.05, 0) is 73.6 Å². The van der Waals surface area contributed by atoms with Gasteiger partial charge < -0.3 is 9.67 Å². The molecule has 1 aliphatic rings. The number of rotatable bonds is 6. The van der Waals surface area contributed by atoms with Gasteiger partial charge >= 0.3 is 5.97 Å². The van der Waals surface area contributed by atoms with Crippen LogP contribution in [0.25, 0.3) is 27.5 Å². The number of aromatic nitrogens is 3. The molecule has 160 valence electrons. The van der Waals surface area contributed by atoms with Crippen LogP contribution in [0.1, 0.15) is 56.7 Å². The van der Waals surface area contributed by atoms with Crippen molar-refractivity contribution >= 4 is 27.8 Å². The molecule has 5 nitrogen and oxygen atoms in total. The van der Waals surface area contributed by atoms with Gasteiger partial charge in [-0.15, -0.1) is 0 Å². The Hall–Kier alpha value is -3.15. The summed E-state index contributed by atoms with van der Waals surface area (Å²) in [5.74, 6) is -0.730. The maximum absolute atomic E-state index is 13.6. The van der Waals surface area contributed by atoms with E-state index in [0.29, 0.717) is 12.8 Å². The average molecular weight is 420 g/mol. The van der Waals surface area contributed by atoms with Gasteiger partial charge in [-0.2, -0.15) is 5.10 Å². The Labute approximate surface area is 179 Å². The van der Waals surface area contributed by atoms with Crippen LogP contribution in [0.15, 0.2) is 42.6 Å². The van der Waals surface area contributed by atoms with Crippen molar-refractivity contribution in [3.63, 3.8) is 0 Å². The smallest absolute Gasteiger partial charge is 0.309 e. The third-order valence-electron chi connectivity index (χ3n) is 6.92. The Morgan fingerprint density at radius 3 is 2.61 bits per heavy atom. The summed E-state index contributed by atoms with van der Waals surface area (Å²) in [5.41, 5.74) is 4.63. The number of nitrogens with one attached hydrogen (secondary N) is 1. The molecule has 1 aliphatic carbocycles. The molecule has 6 heteroatoms. The van der Waals surface area contributed by atoms with Crippen LogP contribution in [-0.2, 0) is 11.2 Å². The number of carboxylic acid groups (broad SMARTS) is 1. The first-order chi connectivity index (χ1) is 14.9. The fraction of sp³-hybridized carbons (Fsp3) is 0.360. The van der Waals surface area contributed by atoms with E-state index in [1.807, 2.05) is 0 Å². The Morgan fingerprint density at radius 1 is 1.26 bits per heavy atom. The minimum atomic E-state index is -0.678. The summed E-state index contributed by atoms with van der Waals surface area (Å²) in [6.45, 7) is 4.31. The van der Waals surface area contributed by atoms with Crippen LogP contribution in [0.5, 0.6) is 0 Å². The van der Waals surface area contributed by atoms with Crippen molar-refractivity contribution in [1.82, 2.24) is 14.8 Å². The molecule has 2 aromatic carbocycles. The standard InChI is InChI=1S/C25H26FN3O2/c1-15(2)23-19(8-11-25(24(30)31)9-3-10-25)20-13-21-16(14-27-28-21)12-22(20)29(23)18-6-4-17(26)5-7-18/h4-7,12-15H,3,8-11H2,1-2H3,(H,27,28)(H,30,31). The van der Waals surface area contributed by atoms with E-state index in [-0.39, 0.29) is 11.7 Å². The third-order valence-corrected chi connectivity index (χ3v) is 6.92. The minimum absolute atomic E-state index is 0.214. The molecule has 2 heterocycles. The molecule has 4 aromatic rings. The lowest BCUT2D eigenvalue weighted by molar-refractivity contribution is -0.155. The van der Waals surface area contributed by atoms with Gasteiger partial charge in [-0.1, -0.05) is 20.3 Å². The van der Waals surface area contributed by atoms with Crippen molar-refractivity contribution in [3.8, 4) is 5.69 Å². The maximum atomic E-state index is 13.6. The van der Waals surface area contributed by atoms with Crippen molar-refractivity contribution in [2.75, 3.05) is 0 Å². The number of nitrogens with zero attached hydrogens (tertiary/aromatic N) is 2. The summed E-state index contributed by atoms with van der Waals surface area (Å²) >= 11 is 0. The van der Waals surface area contributed by atoms with Crippen LogP contribution in [0.4, 0.5) is 4.39 Å². The molecule has 0 unspecified atom stereocenters. The molecule has 5 rings (SSSR count). The summed E-state index contributed by atoms with van der Waals surface area (Å²) in [4.78, 5) is 12.0. The lowest BCUT2D eigenvalue weighted by Crippen LogP contribution is -2.38. The fourth-order valence-electron chi connectivity index (χ4n) is 5.09. The summed E-state index contributed by atoms with van der Waals surface area (Å²) in [7, 11) is 0. The van der Waals surface area contributed by atoms with Gasteiger partial charge in [0, 0.05) is 22.2 Å². The Bertz CT molecular complexity index is 1280. The predicted molar refractivity (Wildman–Crippen MR) is 119 cm³/mol. The number of carboxylic acids is 1. The van der Waals surface area contributed by atoms with Crippen molar-refractivity contribution in [2.24, 2.45) is 5.41 Å². The van der Waals surface area contributed by atoms with E-state index in [4.69, 9.17) is 0 Å². The van der Waals surface area contributed by atoms with Crippen LogP contribution in [0, 0.1) is 11.2 Å². The van der Waals surface area contributed by atoms with E-state index in [9.17, 15) is 14.3 Å². The molecule has 0 radical (unpaired) electrons. The molecule has 2 N–H and O–H groups in total. The van der Waals surface area contributed by atoms with Crippen LogP contribution >= 0.6 is 0 Å². The number of aryl methyl sites for hydroxylation is 1. The number of aromatic amines is 1. The van der Waals surface area contributed by atoms with E-state index in [1.54, 1.807) is 18.3 Å². The summed E-state index contributed by atoms with van der Waals surface area (Å²) < 4.78 is 15.8. The lowest BCUT2D eigenvalue weighted by Gasteiger charge is -2.37. The van der Waals surface area contributed by atoms with E-state index < -0.39 is 11.4 Å². The van der Waals surface area contributed by atoms with Crippen molar-refractivity contribution in [3.05, 3.63) is 59.7 Å². The zero-order valence-electron chi connectivity index (χ0n) is 17.8. The van der Waals surface area contributed by atoms with Gasteiger partial charge in [0.25, 0.3) is 0 Å². The Kier molecular flexibility index (Phi) is 4.61. The second-order valence-corrected chi connectivity index (χ2v) is 9.10. The van der Waals surface area contributed by atoms with E-state index in [2.05, 4.69) is 40.7 Å². The van der Waals surface area contributed by atoms with Gasteiger partial charge in [0.15, 0.2) is 0 Å². The molecule has 0 atom stereocenters. The molecule has 31 heavy (non-hydrogen) atoms. The zero-order valence-corrected chi connectivity index (χ0v) is 17.8. The first-order valence-electron chi connectivity index (χ1n) is 10.9. The molecule has 1 fully saturated rings. The normalized spacial score (nSPS) is 15.6. The summed E-state index contributed by atoms with van der Waals surface area (Å²) in [6, 6.07) is 10.8. The molecule has 0 saturated heterocycles. The third kappa shape index (κ3) is 3.12. The molecular formula is C25H26FN3O2. The lowest BCUT2D eigenvalue weighted by atomic mass is 9.65. The topological polar surface area (TPSA) is 70.9 Å². The summed E-state index contributed by atoms with van der Waals surface area (Å²) in [5, 5.41) is 19.2. The SMILES string of the molecule is CC(C)c1c(CCC2(C(=O)O)CCC2)c2cc3[nH]ncc3cc2n1-c1ccc(F)cc1. The molecule has 0 amide bonds. The number of hydrogen-bond acceptors (Lipinski definition) is 2. The Morgan fingerprint density at radius 2 is 2.00 bits per heavy atom. The highest BCUT2D eigenvalue weighted by Gasteiger charge is 2.44. The highest BCUT2D eigenvalue weighted by atomic mass is 19.1. The number of hydrogen-bond donors (Lipinski definition) is 2. The molecule has 0 aliphatic heterocycles. The van der Waals surface area contributed by atoms with Gasteiger partial charge in [-0.3, -0.25) is 9.89 Å². The first-order valence-corrected chi connectivity index (χ1v) is 10.9. The molecule has 2 aromatic heterocycles. The van der Waals surface area contributed by atoms with Gasteiger partial charge in [0.2, 0.25) is 0 Å². The van der Waals surface area contributed by atoms with Crippen molar-refractivity contribution in [2.45, 2.75) is 51.9 Å². The molecule has 0 bridgehead atoms. The van der Waals surface area contributed by atoms with Crippen molar-refractivity contribution < 1.29 is 14.3 Å². The van der Waals surface area contributed by atoms with Gasteiger partial charge in [-0.25, -0.2) is 4.39 Å². The largest absolute Gasteiger partial charge is 0.481 e. The van der Waals surface area contributed by atoms with Crippen LogP contribution in [0.3, 0.4) is 0 Å². The fourth-order valence-corrected chi connectivity index (χ4v) is 5.09. The monoisotopic (exact) mass is 419 g/mol. The number of H-pyrrole nitrogens is 1. The number of fused-ring (bicyclic) bond motifs is 2.